The minimum atomic E-state index is -1.06. The van der Waals surface area contributed by atoms with Gasteiger partial charge in [-0.2, -0.15) is 9.97 Å². The third-order valence-electron chi connectivity index (χ3n) is 10.3. The van der Waals surface area contributed by atoms with E-state index in [9.17, 15) is 18.0 Å². The van der Waals surface area contributed by atoms with E-state index >= 15 is 0 Å². The Bertz CT molecular complexity index is 1800. The first-order chi connectivity index (χ1) is 23.1. The fourth-order valence-electron chi connectivity index (χ4n) is 8.22. The zero-order valence-corrected chi connectivity index (χ0v) is 27.5. The summed E-state index contributed by atoms with van der Waals surface area (Å²) in [7, 11) is 0. The summed E-state index contributed by atoms with van der Waals surface area (Å²) in [6.07, 6.45) is 0.868. The van der Waals surface area contributed by atoms with Gasteiger partial charge in [-0.1, -0.05) is 43.3 Å². The second-order valence-electron chi connectivity index (χ2n) is 13.5. The lowest BCUT2D eigenvalue weighted by molar-refractivity contribution is -0.131. The van der Waals surface area contributed by atoms with Crippen LogP contribution >= 0.6 is 11.6 Å². The summed E-state index contributed by atoms with van der Waals surface area (Å²) < 4.78 is 49.5. The predicted molar refractivity (Wildman–Crippen MR) is 178 cm³/mol. The van der Waals surface area contributed by atoms with E-state index in [1.807, 2.05) is 23.1 Å². The molecule has 3 aromatic rings. The Morgan fingerprint density at radius 1 is 1.15 bits per heavy atom. The van der Waals surface area contributed by atoms with Crippen molar-refractivity contribution in [2.24, 2.45) is 5.92 Å². The number of alkyl halides is 1. The number of nitrogens with zero attached hydrogens (tertiary/aromatic N) is 7. The van der Waals surface area contributed by atoms with Crippen LogP contribution in [0.15, 0.2) is 42.7 Å². The van der Waals surface area contributed by atoms with Crippen LogP contribution in [0, 0.1) is 18.3 Å². The molecule has 0 bridgehead atoms. The molecule has 4 aliphatic heterocycles. The highest BCUT2D eigenvalue weighted by atomic mass is 35.5. The molecular formula is C35H37ClF3N7O2. The maximum absolute atomic E-state index is 14.6. The molecule has 0 N–H and O–H groups in total. The van der Waals surface area contributed by atoms with E-state index in [-0.39, 0.29) is 37.3 Å². The van der Waals surface area contributed by atoms with Crippen LogP contribution in [-0.2, 0) is 17.8 Å². The summed E-state index contributed by atoms with van der Waals surface area (Å²) >= 11 is 6.50. The largest absolute Gasteiger partial charge is 0.461 e. The van der Waals surface area contributed by atoms with Crippen molar-refractivity contribution >= 4 is 39.8 Å². The lowest BCUT2D eigenvalue weighted by Gasteiger charge is -2.41. The molecule has 9 nitrogen and oxygen atoms in total. The molecule has 4 aliphatic rings. The Morgan fingerprint density at radius 2 is 1.98 bits per heavy atom. The minimum absolute atomic E-state index is 0.000728. The maximum Gasteiger partial charge on any atom is 0.318 e. The van der Waals surface area contributed by atoms with Gasteiger partial charge in [0.25, 0.3) is 5.91 Å². The number of carbonyl (C=O) groups excluding carboxylic acids is 1. The molecule has 0 spiro atoms. The number of amides is 1. The van der Waals surface area contributed by atoms with Gasteiger partial charge in [-0.3, -0.25) is 9.69 Å². The summed E-state index contributed by atoms with van der Waals surface area (Å²) in [6.45, 7) is 16.1. The van der Waals surface area contributed by atoms with E-state index in [0.717, 1.165) is 35.3 Å². The molecule has 48 heavy (non-hydrogen) atoms. The molecular weight excluding hydrogens is 643 g/mol. The molecule has 0 saturated carbocycles. The molecule has 3 unspecified atom stereocenters. The maximum atomic E-state index is 14.6. The van der Waals surface area contributed by atoms with Crippen molar-refractivity contribution in [1.29, 1.82) is 0 Å². The van der Waals surface area contributed by atoms with Crippen LogP contribution in [-0.4, -0.2) is 95.8 Å². The molecule has 1 aromatic heterocycles. The fourth-order valence-corrected chi connectivity index (χ4v) is 8.49. The van der Waals surface area contributed by atoms with Gasteiger partial charge < -0.3 is 24.3 Å². The Hall–Kier alpha value is -4.08. The number of fused-ring (bicyclic) bond motifs is 3. The van der Waals surface area contributed by atoms with Gasteiger partial charge in [0, 0.05) is 62.3 Å². The summed E-state index contributed by atoms with van der Waals surface area (Å²) in [5.74, 6) is -1.30. The lowest BCUT2D eigenvalue weighted by atomic mass is 9.91. The van der Waals surface area contributed by atoms with E-state index in [2.05, 4.69) is 28.1 Å². The van der Waals surface area contributed by atoms with Gasteiger partial charge in [-0.25, -0.2) is 19.7 Å². The standard InChI is InChI=1S/C35H37ClF3N7O2/c1-21-13-35(14-24(38)17-45(35)16-21)20-48-34-41-28-19-43(29-6-4-5-23-7-8-27(39)31(36)30(23)29)10-9-26(28)32(42-34)44-11-12-46(33(47)22(2)37)25(18-44)15-40-3/h4-8,21,24-25H,2,9-20H2,1H3/t21?,24?,25-,35?/m0/s1. The van der Waals surface area contributed by atoms with E-state index in [4.69, 9.17) is 32.9 Å². The zero-order valence-electron chi connectivity index (χ0n) is 26.8. The second-order valence-corrected chi connectivity index (χ2v) is 13.9. The number of benzene rings is 2. The average molecular weight is 680 g/mol. The predicted octanol–water partition coefficient (Wildman–Crippen LogP) is 5.61. The van der Waals surface area contributed by atoms with Crippen molar-refractivity contribution < 1.29 is 22.7 Å². The first-order valence-electron chi connectivity index (χ1n) is 16.3. The minimum Gasteiger partial charge on any atom is -0.461 e. The van der Waals surface area contributed by atoms with Crippen LogP contribution in [0.4, 0.5) is 24.7 Å². The van der Waals surface area contributed by atoms with Crippen LogP contribution in [0.5, 0.6) is 6.01 Å². The van der Waals surface area contributed by atoms with Crippen molar-refractivity contribution in [1.82, 2.24) is 19.8 Å². The van der Waals surface area contributed by atoms with Crippen LogP contribution < -0.4 is 14.5 Å². The third-order valence-corrected chi connectivity index (χ3v) is 10.6. The molecule has 4 atom stereocenters. The average Bonchev–Trinajstić information content (AvgIpc) is 3.54. The number of hydrogen-bond donors (Lipinski definition) is 0. The molecule has 252 valence electrons. The number of rotatable bonds is 7. The molecule has 0 aliphatic carbocycles. The molecule has 7 rings (SSSR count). The summed E-state index contributed by atoms with van der Waals surface area (Å²) in [6, 6.07) is 8.41. The van der Waals surface area contributed by atoms with Crippen LogP contribution in [0.25, 0.3) is 15.6 Å². The first-order valence-corrected chi connectivity index (χ1v) is 16.7. The lowest BCUT2D eigenvalue weighted by Crippen LogP contribution is -2.57. The van der Waals surface area contributed by atoms with Crippen LogP contribution in [0.1, 0.15) is 31.0 Å². The topological polar surface area (TPSA) is 69.4 Å². The highest BCUT2D eigenvalue weighted by Gasteiger charge is 2.52. The Morgan fingerprint density at radius 3 is 2.77 bits per heavy atom. The number of hydrogen-bond acceptors (Lipinski definition) is 7. The van der Waals surface area contributed by atoms with Crippen LogP contribution in [0.3, 0.4) is 0 Å². The number of ether oxygens (including phenoxy) is 1. The monoisotopic (exact) mass is 679 g/mol. The summed E-state index contributed by atoms with van der Waals surface area (Å²) in [5.41, 5.74) is 2.00. The normalized spacial score (nSPS) is 25.6. The number of aromatic nitrogens is 2. The summed E-state index contributed by atoms with van der Waals surface area (Å²) in [5, 5.41) is 1.51. The van der Waals surface area contributed by atoms with Gasteiger partial charge in [0.15, 0.2) is 5.83 Å². The fraction of sp³-hybridized carbons (Fsp3) is 0.486. The number of piperazine rings is 1. The Labute approximate surface area is 282 Å². The summed E-state index contributed by atoms with van der Waals surface area (Å²) in [4.78, 5) is 33.6. The molecule has 0 radical (unpaired) electrons. The highest BCUT2D eigenvalue weighted by Crippen LogP contribution is 2.43. The van der Waals surface area contributed by atoms with Crippen molar-refractivity contribution in [2.45, 2.75) is 50.5 Å². The molecule has 13 heteroatoms. The molecule has 5 heterocycles. The van der Waals surface area contributed by atoms with E-state index in [0.29, 0.717) is 56.1 Å². The third kappa shape index (κ3) is 5.81. The van der Waals surface area contributed by atoms with Crippen molar-refractivity contribution in [3.05, 3.63) is 76.3 Å². The highest BCUT2D eigenvalue weighted by molar-refractivity contribution is 6.36. The molecule has 1 amide bonds. The van der Waals surface area contributed by atoms with Gasteiger partial charge in [0.05, 0.1) is 22.8 Å². The molecule has 3 saturated heterocycles. The quantitative estimate of drug-likeness (QED) is 0.238. The Balaban J connectivity index is 1.24. The van der Waals surface area contributed by atoms with E-state index < -0.39 is 35.3 Å². The van der Waals surface area contributed by atoms with E-state index in [1.54, 1.807) is 6.07 Å². The van der Waals surface area contributed by atoms with Gasteiger partial charge in [0.2, 0.25) is 6.54 Å². The second kappa shape index (κ2) is 12.7. The first kappa shape index (κ1) is 32.5. The van der Waals surface area contributed by atoms with Crippen molar-refractivity contribution in [3.8, 4) is 6.01 Å². The molecule has 3 fully saturated rings. The van der Waals surface area contributed by atoms with Gasteiger partial charge in [-0.05, 0) is 36.3 Å². The van der Waals surface area contributed by atoms with Crippen LogP contribution in [0.2, 0.25) is 5.02 Å². The number of halogens is 4. The van der Waals surface area contributed by atoms with Crippen molar-refractivity contribution in [3.63, 3.8) is 0 Å². The van der Waals surface area contributed by atoms with Crippen molar-refractivity contribution in [2.75, 3.05) is 62.2 Å². The van der Waals surface area contributed by atoms with E-state index in [1.165, 1.54) is 11.0 Å². The molecule has 2 aromatic carbocycles. The SMILES string of the molecule is [C-]#[N+]C[C@H]1CN(c2nc(OCC34CC(C)CN3CC(F)C4)nc3c2CCN(c2cccc4ccc(F)c(Cl)c24)C3)CCN1C(=O)C(=C)F. The van der Waals surface area contributed by atoms with Gasteiger partial charge >= 0.3 is 6.01 Å². The van der Waals surface area contributed by atoms with Gasteiger partial charge in [-0.15, -0.1) is 0 Å². The van der Waals surface area contributed by atoms with Gasteiger partial charge in [0.1, 0.15) is 30.5 Å². The zero-order chi connectivity index (χ0) is 33.7. The number of anilines is 2. The smallest absolute Gasteiger partial charge is 0.318 e. The Kier molecular flexibility index (Phi) is 8.62. The number of carbonyl (C=O) groups is 1.